The summed E-state index contributed by atoms with van der Waals surface area (Å²) in [4.78, 5) is 50.2. The van der Waals surface area contributed by atoms with Gasteiger partial charge in [-0.2, -0.15) is 5.10 Å². The van der Waals surface area contributed by atoms with Crippen LogP contribution in [0.3, 0.4) is 0 Å². The highest BCUT2D eigenvalue weighted by molar-refractivity contribution is 6.39. The first-order chi connectivity index (χ1) is 26.8. The lowest BCUT2D eigenvalue weighted by molar-refractivity contribution is -0.893. The number of carbonyl (C=O) groups excluding carboxylic acids is 3. The first kappa shape index (κ1) is 38.8. The highest BCUT2D eigenvalue weighted by Crippen LogP contribution is 2.50. The van der Waals surface area contributed by atoms with Gasteiger partial charge in [0.05, 0.1) is 56.7 Å². The Morgan fingerprint density at radius 1 is 1.07 bits per heavy atom. The molecule has 56 heavy (non-hydrogen) atoms. The van der Waals surface area contributed by atoms with E-state index >= 15 is 0 Å². The normalized spacial score (nSPS) is 18.9. The predicted molar refractivity (Wildman–Crippen MR) is 214 cm³/mol. The Hall–Kier alpha value is -5.44. The molecule has 1 unspecified atom stereocenters. The summed E-state index contributed by atoms with van der Waals surface area (Å²) < 4.78 is 3.48. The minimum Gasteiger partial charge on any atom is -0.393 e. The molecule has 7 N–H and O–H groups in total. The fourth-order valence-electron chi connectivity index (χ4n) is 7.53. The van der Waals surface area contributed by atoms with E-state index in [0.29, 0.717) is 36.7 Å². The number of aromatic nitrogens is 3. The zero-order chi connectivity index (χ0) is 40.1. The molecule has 17 heteroatoms. The molecule has 2 aliphatic carbocycles. The zero-order valence-corrected chi connectivity index (χ0v) is 32.7. The summed E-state index contributed by atoms with van der Waals surface area (Å²) in [6.07, 6.45) is 7.64. The van der Waals surface area contributed by atoms with Crippen molar-refractivity contribution in [3.63, 3.8) is 0 Å². The summed E-state index contributed by atoms with van der Waals surface area (Å²) in [5.74, 6) is -0.719. The molecule has 1 atom stereocenters. The number of amides is 3. The van der Waals surface area contributed by atoms with Gasteiger partial charge in [-0.1, -0.05) is 19.1 Å². The molecule has 3 fully saturated rings. The van der Waals surface area contributed by atoms with Crippen LogP contribution in [0.4, 0.5) is 11.4 Å². The van der Waals surface area contributed by atoms with E-state index in [1.165, 1.54) is 17.9 Å². The van der Waals surface area contributed by atoms with E-state index in [0.717, 1.165) is 54.6 Å². The third kappa shape index (κ3) is 7.19. The fourth-order valence-corrected chi connectivity index (χ4v) is 7.53. The summed E-state index contributed by atoms with van der Waals surface area (Å²) in [5, 5.41) is 12.6. The number of hydrogen-bond acceptors (Lipinski definition) is 10. The van der Waals surface area contributed by atoms with Crippen molar-refractivity contribution in [2.75, 3.05) is 51.1 Å². The molecule has 15 nitrogen and oxygen atoms in total. The number of anilines is 2. The Balaban J connectivity index is 1.17. The highest BCUT2D eigenvalue weighted by Gasteiger charge is 2.47. The van der Waals surface area contributed by atoms with Crippen LogP contribution in [0.5, 0.6) is 0 Å². The molecule has 2 aromatic heterocycles. The maximum absolute atomic E-state index is 13.2. The van der Waals surface area contributed by atoms with Gasteiger partial charge in [0.15, 0.2) is 0 Å². The van der Waals surface area contributed by atoms with Gasteiger partial charge >= 0.3 is 11.6 Å². The van der Waals surface area contributed by atoms with E-state index in [9.17, 15) is 14.4 Å². The molecule has 4 radical (unpaired) electrons. The highest BCUT2D eigenvalue weighted by atomic mass is 16.6. The van der Waals surface area contributed by atoms with Crippen LogP contribution in [-0.4, -0.2) is 99.9 Å². The lowest BCUT2D eigenvalue weighted by Gasteiger charge is -2.49. The van der Waals surface area contributed by atoms with Crippen molar-refractivity contribution in [3.8, 4) is 11.1 Å². The third-order valence-corrected chi connectivity index (χ3v) is 11.2. The van der Waals surface area contributed by atoms with E-state index in [1.54, 1.807) is 30.1 Å². The molecule has 3 amide bonds. The van der Waals surface area contributed by atoms with Crippen molar-refractivity contribution in [1.82, 2.24) is 30.2 Å². The minimum atomic E-state index is -1.45. The smallest absolute Gasteiger partial charge is 0.323 e. The Morgan fingerprint density at radius 2 is 1.79 bits per heavy atom. The molecule has 4 aliphatic rings. The number of para-hydroxylation sites is 1. The van der Waals surface area contributed by atoms with Crippen molar-refractivity contribution < 1.29 is 24.0 Å². The van der Waals surface area contributed by atoms with Crippen molar-refractivity contribution in [2.24, 2.45) is 17.4 Å². The van der Waals surface area contributed by atoms with E-state index in [-0.39, 0.29) is 53.1 Å². The molecular formula is C39H50B2N11O4+. The summed E-state index contributed by atoms with van der Waals surface area (Å²) in [5.41, 5.74) is 18.4. The largest absolute Gasteiger partial charge is 0.393 e. The number of carbonyl (C=O) groups is 3. The average molecular weight is 759 g/mol. The van der Waals surface area contributed by atoms with Gasteiger partial charge < -0.3 is 42.1 Å². The van der Waals surface area contributed by atoms with E-state index in [1.807, 2.05) is 43.3 Å². The van der Waals surface area contributed by atoms with Crippen LogP contribution in [0.15, 0.2) is 65.9 Å². The van der Waals surface area contributed by atoms with Gasteiger partial charge in [-0.15, -0.1) is 0 Å². The number of hydrogen-bond donors (Lipinski definition) is 5. The number of pyridine rings is 1. The second kappa shape index (κ2) is 15.2. The molecule has 2 saturated carbocycles. The van der Waals surface area contributed by atoms with Crippen LogP contribution in [0.25, 0.3) is 11.1 Å². The molecule has 3 aromatic rings. The van der Waals surface area contributed by atoms with Gasteiger partial charge in [0.1, 0.15) is 18.6 Å². The molecule has 7 rings (SSSR count). The maximum Gasteiger partial charge on any atom is 0.323 e. The van der Waals surface area contributed by atoms with Gasteiger partial charge in [-0.3, -0.25) is 23.9 Å². The van der Waals surface area contributed by atoms with Crippen LogP contribution < -0.4 is 41.9 Å². The number of nitrogens with one attached hydrogen (secondary N) is 3. The SMILES string of the molecule is [B]C([B])(c1cccc(C(=O)N(C)CC)[n+]1OC)N1CC(n2ncc3c2C(CC)N(C)c2c(NC(/C=C(\N)NC(=O)C4CC4)=C(/N)C(=O)NC4CC4)cccc2-3)C1. The Morgan fingerprint density at radius 3 is 2.43 bits per heavy atom. The second-order valence-electron chi connectivity index (χ2n) is 15.2. The first-order valence-electron chi connectivity index (χ1n) is 19.3. The first-order valence-corrected chi connectivity index (χ1v) is 19.3. The summed E-state index contributed by atoms with van der Waals surface area (Å²) in [7, 11) is 18.9. The van der Waals surface area contributed by atoms with E-state index < -0.39 is 11.2 Å². The second-order valence-corrected chi connectivity index (χ2v) is 15.2. The quantitative estimate of drug-likeness (QED) is 0.0692. The number of allylic oxidation sites excluding steroid dienone is 1. The molecule has 0 bridgehead atoms. The van der Waals surface area contributed by atoms with Gasteiger partial charge in [0, 0.05) is 85.1 Å². The third-order valence-electron chi connectivity index (χ3n) is 11.2. The number of likely N-dealkylation sites (tertiary alicyclic amines) is 1. The molecule has 0 spiro atoms. The van der Waals surface area contributed by atoms with Crippen LogP contribution in [0.1, 0.15) is 79.9 Å². The Kier molecular flexibility index (Phi) is 10.6. The number of nitrogens with two attached hydrogens (primary N) is 2. The Bertz CT molecular complexity index is 2100. The molecule has 4 heterocycles. The fraction of sp³-hybridized carbons (Fsp3) is 0.462. The molecular weight excluding hydrogens is 708 g/mol. The average Bonchev–Trinajstić information content (AvgIpc) is 4.11. The van der Waals surface area contributed by atoms with E-state index in [2.05, 4.69) is 32.5 Å². The van der Waals surface area contributed by atoms with Gasteiger partial charge in [-0.05, 0) is 51.2 Å². The zero-order valence-electron chi connectivity index (χ0n) is 32.7. The predicted octanol–water partition coefficient (Wildman–Crippen LogP) is 1.08. The van der Waals surface area contributed by atoms with Gasteiger partial charge in [0.2, 0.25) is 11.6 Å². The van der Waals surface area contributed by atoms with Crippen molar-refractivity contribution in [3.05, 3.63) is 83.0 Å². The van der Waals surface area contributed by atoms with Gasteiger partial charge in [0.25, 0.3) is 5.91 Å². The number of fused-ring (bicyclic) bond motifs is 3. The van der Waals surface area contributed by atoms with Crippen LogP contribution in [0.2, 0.25) is 0 Å². The van der Waals surface area contributed by atoms with E-state index in [4.69, 9.17) is 37.1 Å². The lowest BCUT2D eigenvalue weighted by Crippen LogP contribution is -2.65. The van der Waals surface area contributed by atoms with Crippen molar-refractivity contribution in [2.45, 2.75) is 69.4 Å². The molecule has 1 aromatic carbocycles. The van der Waals surface area contributed by atoms with Crippen LogP contribution >= 0.6 is 0 Å². The number of rotatable bonds is 14. The number of nitrogens with zero attached hydrogens (tertiary/aromatic N) is 6. The standard InChI is InChI=1S/C39H49B2N11O4/c1-6-29-35-26(19-44-51(35)24-20-50(21-24)39(40,41)31-13-9-12-30(52(31)56-5)38(55)48(3)7-2)25-10-8-11-27(34(25)49(29)4)46-28(33(43)37(54)45-23-16-17-23)18-32(42)47-36(53)22-14-15-22/h8-13,18-19,22-24,29,43H,6-7,14-17,20-21H2,1-5H3,(H5,42,45,46,47,53,54,55)/p+1. The van der Waals surface area contributed by atoms with Crippen LogP contribution in [-0.2, 0) is 14.9 Å². The van der Waals surface area contributed by atoms with Crippen molar-refractivity contribution >= 4 is 44.8 Å². The maximum atomic E-state index is 13.2. The topological polar surface area (TPSA) is 180 Å². The molecule has 2 aliphatic heterocycles. The molecule has 1 saturated heterocycles. The molecule has 290 valence electrons. The van der Waals surface area contributed by atoms with Crippen LogP contribution in [0, 0.1) is 5.92 Å². The monoisotopic (exact) mass is 758 g/mol. The Labute approximate surface area is 330 Å². The summed E-state index contributed by atoms with van der Waals surface area (Å²) in [6, 6.07) is 11.1. The number of benzene rings is 1. The summed E-state index contributed by atoms with van der Waals surface area (Å²) in [6.45, 7) is 5.57. The van der Waals surface area contributed by atoms with Crippen molar-refractivity contribution in [1.29, 1.82) is 0 Å². The lowest BCUT2D eigenvalue weighted by atomic mass is 9.57. The summed E-state index contributed by atoms with van der Waals surface area (Å²) >= 11 is 0. The minimum absolute atomic E-state index is 0.0270. The van der Waals surface area contributed by atoms with Gasteiger partial charge in [-0.25, -0.2) is 0 Å².